The molecule has 0 fully saturated rings. The highest BCUT2D eigenvalue weighted by Crippen LogP contribution is 2.38. The molecule has 0 saturated heterocycles. The first-order valence-electron chi connectivity index (χ1n) is 7.85. The lowest BCUT2D eigenvalue weighted by atomic mass is 9.94. The van der Waals surface area contributed by atoms with Crippen LogP contribution in [0.3, 0.4) is 0 Å². The van der Waals surface area contributed by atoms with E-state index < -0.39 is 68.1 Å². The van der Waals surface area contributed by atoms with Crippen molar-refractivity contribution in [2.45, 2.75) is 6.18 Å². The third-order valence-electron chi connectivity index (χ3n) is 4.05. The summed E-state index contributed by atoms with van der Waals surface area (Å²) in [6.45, 7) is 0. The van der Waals surface area contributed by atoms with Gasteiger partial charge in [0.15, 0.2) is 23.3 Å². The molecule has 0 aromatic heterocycles. The number of nitrogens with zero attached hydrogens (tertiary/aromatic N) is 5. The molecule has 2 rings (SSSR count). The van der Waals surface area contributed by atoms with Crippen molar-refractivity contribution in [2.75, 3.05) is 0 Å². The fourth-order valence-corrected chi connectivity index (χ4v) is 2.72. The third kappa shape index (κ3) is 3.67. The van der Waals surface area contributed by atoms with E-state index in [0.29, 0.717) is 0 Å². The lowest BCUT2D eigenvalue weighted by molar-refractivity contribution is -0.143. The third-order valence-corrected chi connectivity index (χ3v) is 4.05. The van der Waals surface area contributed by atoms with Gasteiger partial charge in [-0.1, -0.05) is 0 Å². The van der Waals surface area contributed by atoms with Crippen molar-refractivity contribution in [3.05, 3.63) is 68.1 Å². The van der Waals surface area contributed by atoms with Crippen LogP contribution < -0.4 is 10.4 Å². The molecule has 2 aromatic rings. The minimum atomic E-state index is -5.82. The minimum Gasteiger partial charge on any atom is -0.203 e. The monoisotopic (exact) mass is 445 g/mol. The topological polar surface area (TPSA) is 119 Å². The maximum atomic E-state index is 14.4. The van der Waals surface area contributed by atoms with Crippen LogP contribution in [-0.4, -0.2) is 0 Å². The molecule has 0 aliphatic heterocycles. The smallest absolute Gasteiger partial charge is 0.203 e. The first-order chi connectivity index (χ1) is 15.0. The molecule has 0 N–H and O–H groups in total. The Hall–Kier alpha value is -4.86. The van der Waals surface area contributed by atoms with Crippen molar-refractivity contribution in [1.82, 2.24) is 0 Å². The average Bonchev–Trinajstić information content (AvgIpc) is 2.75. The SMILES string of the molecule is N#CC(C#N)=c1cc(C#N)c(=C(C#N)c2c(F)c(F)c(C(F)(F)F)c(F)c2F)c(C#N)c1. The van der Waals surface area contributed by atoms with Gasteiger partial charge in [0.1, 0.15) is 29.3 Å². The number of nitriles is 5. The second-order valence-electron chi connectivity index (χ2n) is 5.76. The maximum absolute atomic E-state index is 14.4. The molecule has 0 radical (unpaired) electrons. The maximum Gasteiger partial charge on any atom is 0.422 e. The zero-order chi connectivity index (χ0) is 24.4. The molecule has 2 aromatic carbocycles. The Bertz CT molecular complexity index is 1420. The van der Waals surface area contributed by atoms with E-state index in [1.54, 1.807) is 0 Å². The van der Waals surface area contributed by atoms with Crippen LogP contribution in [0.15, 0.2) is 12.1 Å². The summed E-state index contributed by atoms with van der Waals surface area (Å²) in [6.07, 6.45) is -5.82. The Kier molecular flexibility index (Phi) is 6.21. The highest BCUT2D eigenvalue weighted by Gasteiger charge is 2.43. The number of hydrogen-bond donors (Lipinski definition) is 0. The van der Waals surface area contributed by atoms with Crippen LogP contribution in [-0.2, 0) is 6.18 Å². The Labute approximate surface area is 173 Å². The largest absolute Gasteiger partial charge is 0.422 e. The molecule has 12 heteroatoms. The van der Waals surface area contributed by atoms with Crippen molar-refractivity contribution in [3.63, 3.8) is 0 Å². The normalized spacial score (nSPS) is 10.2. The molecule has 32 heavy (non-hydrogen) atoms. The van der Waals surface area contributed by atoms with E-state index in [1.165, 1.54) is 24.3 Å². The first kappa shape index (κ1) is 23.4. The van der Waals surface area contributed by atoms with E-state index in [4.69, 9.17) is 10.5 Å². The van der Waals surface area contributed by atoms with Crippen LogP contribution >= 0.6 is 0 Å². The van der Waals surface area contributed by atoms with Crippen LogP contribution in [0.5, 0.6) is 0 Å². The van der Waals surface area contributed by atoms with Gasteiger partial charge in [0.2, 0.25) is 0 Å². The quantitative estimate of drug-likeness (QED) is 0.494. The molecule has 0 amide bonds. The van der Waals surface area contributed by atoms with Crippen molar-refractivity contribution in [2.24, 2.45) is 0 Å². The van der Waals surface area contributed by atoms with Gasteiger partial charge in [-0.25, -0.2) is 17.6 Å². The molecular weight excluding hydrogens is 443 g/mol. The van der Waals surface area contributed by atoms with Crippen molar-refractivity contribution >= 4 is 11.1 Å². The molecule has 156 valence electrons. The number of alkyl halides is 3. The summed E-state index contributed by atoms with van der Waals surface area (Å²) < 4.78 is 95.3. The van der Waals surface area contributed by atoms with Crippen molar-refractivity contribution in [1.29, 1.82) is 26.3 Å². The van der Waals surface area contributed by atoms with E-state index in [-0.39, 0.29) is 5.22 Å². The van der Waals surface area contributed by atoms with Crippen LogP contribution in [0.25, 0.3) is 11.1 Å². The second-order valence-corrected chi connectivity index (χ2v) is 5.76. The van der Waals surface area contributed by atoms with Gasteiger partial charge in [-0.3, -0.25) is 0 Å². The van der Waals surface area contributed by atoms with Crippen LogP contribution in [0, 0.1) is 79.9 Å². The summed E-state index contributed by atoms with van der Waals surface area (Å²) in [7, 11) is 0. The summed E-state index contributed by atoms with van der Waals surface area (Å²) in [5.41, 5.74) is -8.14. The highest BCUT2D eigenvalue weighted by molar-refractivity contribution is 5.80. The van der Waals surface area contributed by atoms with Gasteiger partial charge in [0.25, 0.3) is 0 Å². The first-order valence-corrected chi connectivity index (χ1v) is 7.85. The molecule has 0 bridgehead atoms. The van der Waals surface area contributed by atoms with E-state index in [1.807, 2.05) is 0 Å². The Morgan fingerprint density at radius 1 is 0.688 bits per heavy atom. The van der Waals surface area contributed by atoms with Crippen LogP contribution in [0.2, 0.25) is 0 Å². The molecule has 0 atom stereocenters. The Balaban J connectivity index is 3.27. The predicted octanol–water partition coefficient (Wildman–Crippen LogP) is 2.93. The molecule has 5 nitrogen and oxygen atoms in total. The van der Waals surface area contributed by atoms with Gasteiger partial charge >= 0.3 is 6.18 Å². The van der Waals surface area contributed by atoms with Crippen LogP contribution in [0.1, 0.15) is 22.3 Å². The molecule has 0 heterocycles. The summed E-state index contributed by atoms with van der Waals surface area (Å²) in [5.74, 6) is -10.8. The highest BCUT2D eigenvalue weighted by atomic mass is 19.4. The molecule has 0 unspecified atom stereocenters. The lowest BCUT2D eigenvalue weighted by Gasteiger charge is -2.14. The van der Waals surface area contributed by atoms with Crippen LogP contribution in [0.4, 0.5) is 30.7 Å². The van der Waals surface area contributed by atoms with Gasteiger partial charge in [-0.2, -0.15) is 39.5 Å². The second kappa shape index (κ2) is 8.48. The number of hydrogen-bond acceptors (Lipinski definition) is 5. The summed E-state index contributed by atoms with van der Waals surface area (Å²) in [4.78, 5) is 0. The van der Waals surface area contributed by atoms with Gasteiger partial charge < -0.3 is 0 Å². The zero-order valence-corrected chi connectivity index (χ0v) is 15.0. The zero-order valence-electron chi connectivity index (χ0n) is 15.0. The molecule has 0 aliphatic carbocycles. The van der Waals surface area contributed by atoms with Gasteiger partial charge in [-0.05, 0) is 12.1 Å². The van der Waals surface area contributed by atoms with Crippen molar-refractivity contribution < 1.29 is 30.7 Å². The average molecular weight is 445 g/mol. The Morgan fingerprint density at radius 2 is 1.12 bits per heavy atom. The number of rotatable bonds is 1. The Morgan fingerprint density at radius 3 is 1.44 bits per heavy atom. The summed E-state index contributed by atoms with van der Waals surface area (Å²) in [5, 5.41) is 44.8. The summed E-state index contributed by atoms with van der Waals surface area (Å²) in [6, 6.07) is 8.48. The minimum absolute atomic E-state index is 0.296. The number of halogens is 7. The van der Waals surface area contributed by atoms with E-state index in [2.05, 4.69) is 0 Å². The van der Waals surface area contributed by atoms with Gasteiger partial charge in [0, 0.05) is 10.4 Å². The predicted molar refractivity (Wildman–Crippen MR) is 89.2 cm³/mol. The molecule has 0 aliphatic rings. The number of benzene rings is 2. The fraction of sp³-hybridized carbons (Fsp3) is 0.0500. The van der Waals surface area contributed by atoms with E-state index >= 15 is 0 Å². The standard InChI is InChI=1S/C20H2F7N5/c21-16-14(17(22)19(24)15(18(16)23)20(25,26)27)12(7-32)13-9(3-28)1-8(2-10(13)4-29)11(5-30)6-31/h1-2H. The van der Waals surface area contributed by atoms with Gasteiger partial charge in [0.05, 0.1) is 34.4 Å². The van der Waals surface area contributed by atoms with Gasteiger partial charge in [-0.15, -0.1) is 0 Å². The van der Waals surface area contributed by atoms with Crippen molar-refractivity contribution in [3.8, 4) is 30.3 Å². The fourth-order valence-electron chi connectivity index (χ4n) is 2.72. The molecule has 0 spiro atoms. The molecule has 0 saturated carbocycles. The lowest BCUT2D eigenvalue weighted by Crippen LogP contribution is -2.24. The molecular formula is C20H2F7N5. The van der Waals surface area contributed by atoms with E-state index in [9.17, 15) is 46.5 Å². The summed E-state index contributed by atoms with van der Waals surface area (Å²) >= 11 is 0. The van der Waals surface area contributed by atoms with E-state index in [0.717, 1.165) is 18.2 Å².